The first-order valence-corrected chi connectivity index (χ1v) is 6.04. The molecule has 2 aliphatic heterocycles. The van der Waals surface area contributed by atoms with Crippen LogP contribution in [0.1, 0.15) is 24.1 Å². The van der Waals surface area contributed by atoms with E-state index in [1.807, 2.05) is 18.5 Å². The summed E-state index contributed by atoms with van der Waals surface area (Å²) in [5.41, 5.74) is -0.258. The Morgan fingerprint density at radius 1 is 1.41 bits per heavy atom. The van der Waals surface area contributed by atoms with Gasteiger partial charge in [0.2, 0.25) is 0 Å². The average Bonchev–Trinajstić information content (AvgIpc) is 2.91. The van der Waals surface area contributed by atoms with E-state index in [1.54, 1.807) is 0 Å². The maximum atomic E-state index is 5.99. The van der Waals surface area contributed by atoms with Gasteiger partial charge < -0.3 is 19.4 Å². The van der Waals surface area contributed by atoms with Gasteiger partial charge in [-0.1, -0.05) is 0 Å². The van der Waals surface area contributed by atoms with Crippen LogP contribution in [-0.4, -0.2) is 46.7 Å². The van der Waals surface area contributed by atoms with Gasteiger partial charge in [0.1, 0.15) is 11.4 Å². The van der Waals surface area contributed by atoms with E-state index in [0.717, 1.165) is 37.8 Å². The van der Waals surface area contributed by atoms with Crippen molar-refractivity contribution in [2.45, 2.75) is 25.0 Å². The van der Waals surface area contributed by atoms with Crippen molar-refractivity contribution in [1.82, 2.24) is 20.1 Å². The van der Waals surface area contributed by atoms with Gasteiger partial charge in [-0.15, -0.1) is 10.2 Å². The van der Waals surface area contributed by atoms with Gasteiger partial charge in [-0.05, 0) is 6.92 Å². The fourth-order valence-corrected chi connectivity index (χ4v) is 2.63. The first-order valence-electron chi connectivity index (χ1n) is 6.04. The van der Waals surface area contributed by atoms with Crippen molar-refractivity contribution in [3.05, 3.63) is 11.6 Å². The molecule has 1 spiro atoms. The molecule has 3 rings (SSSR count). The molecule has 0 aliphatic carbocycles. The summed E-state index contributed by atoms with van der Waals surface area (Å²) in [4.78, 5) is 0. The molecule has 1 N–H and O–H groups in total. The minimum absolute atomic E-state index is 0.0740. The number of ether oxygens (including phenoxy) is 2. The van der Waals surface area contributed by atoms with Gasteiger partial charge in [0.25, 0.3) is 0 Å². The fraction of sp³-hybridized carbons (Fsp3) is 0.818. The van der Waals surface area contributed by atoms with Crippen LogP contribution < -0.4 is 5.32 Å². The number of nitrogens with one attached hydrogen (secondary N) is 1. The highest BCUT2D eigenvalue weighted by Gasteiger charge is 2.48. The quantitative estimate of drug-likeness (QED) is 0.743. The minimum atomic E-state index is -0.258. The van der Waals surface area contributed by atoms with Crippen LogP contribution in [0.5, 0.6) is 0 Å². The van der Waals surface area contributed by atoms with Crippen LogP contribution in [0.4, 0.5) is 0 Å². The van der Waals surface area contributed by atoms with Crippen molar-refractivity contribution >= 4 is 0 Å². The van der Waals surface area contributed by atoms with Crippen molar-refractivity contribution in [3.8, 4) is 0 Å². The largest absolute Gasteiger partial charge is 0.378 e. The van der Waals surface area contributed by atoms with Gasteiger partial charge in [0, 0.05) is 26.6 Å². The summed E-state index contributed by atoms with van der Waals surface area (Å²) in [6, 6.07) is 0.0740. The monoisotopic (exact) mass is 238 g/mol. The summed E-state index contributed by atoms with van der Waals surface area (Å²) in [6.07, 6.45) is 0.913. The van der Waals surface area contributed by atoms with Crippen molar-refractivity contribution in [3.63, 3.8) is 0 Å². The molecule has 1 aromatic heterocycles. The van der Waals surface area contributed by atoms with E-state index in [4.69, 9.17) is 9.47 Å². The second-order valence-electron chi connectivity index (χ2n) is 4.77. The Morgan fingerprint density at radius 3 is 2.94 bits per heavy atom. The molecule has 2 atom stereocenters. The smallest absolute Gasteiger partial charge is 0.153 e. The third-order valence-electron chi connectivity index (χ3n) is 3.77. The third kappa shape index (κ3) is 1.67. The summed E-state index contributed by atoms with van der Waals surface area (Å²) >= 11 is 0. The second kappa shape index (κ2) is 4.04. The first kappa shape index (κ1) is 11.1. The molecule has 94 valence electrons. The zero-order valence-electron chi connectivity index (χ0n) is 10.3. The Kier molecular flexibility index (Phi) is 2.65. The van der Waals surface area contributed by atoms with Gasteiger partial charge in [-0.3, -0.25) is 0 Å². The fourth-order valence-electron chi connectivity index (χ4n) is 2.63. The lowest BCUT2D eigenvalue weighted by Gasteiger charge is -2.40. The van der Waals surface area contributed by atoms with Gasteiger partial charge >= 0.3 is 0 Å². The van der Waals surface area contributed by atoms with E-state index >= 15 is 0 Å². The van der Waals surface area contributed by atoms with Crippen LogP contribution in [0.2, 0.25) is 0 Å². The van der Waals surface area contributed by atoms with E-state index in [0.29, 0.717) is 6.61 Å². The lowest BCUT2D eigenvalue weighted by molar-refractivity contribution is -0.101. The molecule has 3 heterocycles. The lowest BCUT2D eigenvalue weighted by atomic mass is 9.91. The maximum absolute atomic E-state index is 5.99. The number of rotatable bonds is 1. The molecule has 2 unspecified atom stereocenters. The second-order valence-corrected chi connectivity index (χ2v) is 4.77. The molecule has 6 nitrogen and oxygen atoms in total. The highest BCUT2D eigenvalue weighted by atomic mass is 16.6. The SMILES string of the molecule is Cc1nnc(C2NCCOC23CCOC3)n1C. The van der Waals surface area contributed by atoms with Gasteiger partial charge in [-0.25, -0.2) is 0 Å². The number of hydrogen-bond donors (Lipinski definition) is 1. The Morgan fingerprint density at radius 2 is 2.29 bits per heavy atom. The summed E-state index contributed by atoms with van der Waals surface area (Å²) in [6.45, 7) is 4.93. The number of aromatic nitrogens is 3. The molecular formula is C11H18N4O2. The molecule has 0 radical (unpaired) electrons. The topological polar surface area (TPSA) is 61.2 Å². The number of nitrogens with zero attached hydrogens (tertiary/aromatic N) is 3. The normalized spacial score (nSPS) is 33.4. The summed E-state index contributed by atoms with van der Waals surface area (Å²) in [7, 11) is 1.99. The Labute approximate surface area is 100 Å². The van der Waals surface area contributed by atoms with Crippen molar-refractivity contribution in [2.75, 3.05) is 26.4 Å². The number of morpholine rings is 1. The summed E-state index contributed by atoms with van der Waals surface area (Å²) < 4.78 is 13.5. The standard InChI is InChI=1S/C11H18N4O2/c1-8-13-14-10(15(8)2)9-11(3-5-16-7-11)17-6-4-12-9/h9,12H,3-7H2,1-2H3. The van der Waals surface area contributed by atoms with Crippen LogP contribution in [-0.2, 0) is 16.5 Å². The van der Waals surface area contributed by atoms with E-state index < -0.39 is 0 Å². The Bertz CT molecular complexity index is 412. The predicted molar refractivity (Wildman–Crippen MR) is 60.6 cm³/mol. The highest BCUT2D eigenvalue weighted by molar-refractivity contribution is 5.10. The molecule has 2 fully saturated rings. The molecule has 17 heavy (non-hydrogen) atoms. The van der Waals surface area contributed by atoms with Crippen LogP contribution in [0, 0.1) is 6.92 Å². The van der Waals surface area contributed by atoms with Crippen LogP contribution >= 0.6 is 0 Å². The first-order chi connectivity index (χ1) is 8.23. The number of hydrogen-bond acceptors (Lipinski definition) is 5. The minimum Gasteiger partial charge on any atom is -0.378 e. The van der Waals surface area contributed by atoms with Gasteiger partial charge in [0.15, 0.2) is 5.82 Å². The highest BCUT2D eigenvalue weighted by Crippen LogP contribution is 2.37. The lowest BCUT2D eigenvalue weighted by Crippen LogP contribution is -2.53. The van der Waals surface area contributed by atoms with E-state index in [1.165, 1.54) is 0 Å². The zero-order valence-corrected chi connectivity index (χ0v) is 10.3. The molecule has 0 amide bonds. The zero-order chi connectivity index (χ0) is 11.9. The van der Waals surface area contributed by atoms with Crippen molar-refractivity contribution < 1.29 is 9.47 Å². The van der Waals surface area contributed by atoms with E-state index in [-0.39, 0.29) is 11.6 Å². The van der Waals surface area contributed by atoms with Crippen molar-refractivity contribution in [2.24, 2.45) is 7.05 Å². The Hall–Kier alpha value is -0.980. The van der Waals surface area contributed by atoms with Gasteiger partial charge in [0.05, 0.1) is 19.3 Å². The molecule has 6 heteroatoms. The van der Waals surface area contributed by atoms with Gasteiger partial charge in [-0.2, -0.15) is 0 Å². The van der Waals surface area contributed by atoms with Crippen LogP contribution in [0.25, 0.3) is 0 Å². The summed E-state index contributed by atoms with van der Waals surface area (Å²) in [5, 5.41) is 11.9. The summed E-state index contributed by atoms with van der Waals surface area (Å²) in [5.74, 6) is 1.86. The number of aryl methyl sites for hydroxylation is 1. The third-order valence-corrected chi connectivity index (χ3v) is 3.77. The van der Waals surface area contributed by atoms with Crippen molar-refractivity contribution in [1.29, 1.82) is 0 Å². The molecule has 2 aliphatic rings. The molecular weight excluding hydrogens is 220 g/mol. The molecule has 0 saturated carbocycles. The molecule has 0 bridgehead atoms. The van der Waals surface area contributed by atoms with E-state index in [9.17, 15) is 0 Å². The van der Waals surface area contributed by atoms with Crippen LogP contribution in [0.3, 0.4) is 0 Å². The van der Waals surface area contributed by atoms with E-state index in [2.05, 4.69) is 15.5 Å². The van der Waals surface area contributed by atoms with Crippen LogP contribution in [0.15, 0.2) is 0 Å². The molecule has 1 aromatic rings. The predicted octanol–water partition coefficient (Wildman–Crippen LogP) is -0.0565. The maximum Gasteiger partial charge on any atom is 0.153 e. The molecule has 2 saturated heterocycles. The molecule has 0 aromatic carbocycles. The average molecular weight is 238 g/mol. The Balaban J connectivity index is 1.96.